The van der Waals surface area contributed by atoms with Crippen LogP contribution in [-0.2, 0) is 6.42 Å². The van der Waals surface area contributed by atoms with Crippen LogP contribution in [0.25, 0.3) is 0 Å². The van der Waals surface area contributed by atoms with E-state index in [0.29, 0.717) is 0 Å². The standard InChI is InChI=1S/C15H12F14S/c16-10(12(18,19)20,13(21,22)23)6-8(3-4-9-2-1-5-30-9)7-11(17,14(24,25)26)15(27,28)29/h1-2,5,8H,3-4,6-7H2. The lowest BCUT2D eigenvalue weighted by molar-refractivity contribution is -0.356. The van der Waals surface area contributed by atoms with Gasteiger partial charge in [-0.3, -0.25) is 0 Å². The molecule has 0 aliphatic rings. The number of aryl methyl sites for hydroxylation is 1. The van der Waals surface area contributed by atoms with Crippen molar-refractivity contribution < 1.29 is 61.5 Å². The lowest BCUT2D eigenvalue weighted by Crippen LogP contribution is -2.57. The van der Waals surface area contributed by atoms with Crippen molar-refractivity contribution in [2.24, 2.45) is 5.92 Å². The molecule has 0 radical (unpaired) electrons. The van der Waals surface area contributed by atoms with Crippen molar-refractivity contribution in [3.63, 3.8) is 0 Å². The molecule has 176 valence electrons. The maximum Gasteiger partial charge on any atom is 0.431 e. The van der Waals surface area contributed by atoms with Gasteiger partial charge in [0.2, 0.25) is 0 Å². The zero-order valence-corrected chi connectivity index (χ0v) is 15.2. The van der Waals surface area contributed by atoms with Crippen LogP contribution in [0.15, 0.2) is 17.5 Å². The Labute approximate surface area is 163 Å². The van der Waals surface area contributed by atoms with Crippen molar-refractivity contribution in [3.05, 3.63) is 22.4 Å². The third-order valence-corrected chi connectivity index (χ3v) is 5.25. The first-order valence-electron chi connectivity index (χ1n) is 7.83. The average molecular weight is 490 g/mol. The molecule has 0 fully saturated rings. The molecule has 1 rings (SSSR count). The van der Waals surface area contributed by atoms with Crippen molar-refractivity contribution >= 4 is 11.3 Å². The van der Waals surface area contributed by atoms with Crippen molar-refractivity contribution in [3.8, 4) is 0 Å². The Morgan fingerprint density at radius 2 is 1.00 bits per heavy atom. The predicted molar refractivity (Wildman–Crippen MR) is 77.3 cm³/mol. The molecule has 0 nitrogen and oxygen atoms in total. The summed E-state index contributed by atoms with van der Waals surface area (Å²) >= 11 is 0.847. The van der Waals surface area contributed by atoms with E-state index in [1.54, 1.807) is 0 Å². The van der Waals surface area contributed by atoms with E-state index >= 15 is 0 Å². The van der Waals surface area contributed by atoms with E-state index in [0.717, 1.165) is 11.3 Å². The molecule has 0 N–H and O–H groups in total. The van der Waals surface area contributed by atoms with E-state index in [2.05, 4.69) is 0 Å². The summed E-state index contributed by atoms with van der Waals surface area (Å²) in [6, 6.07) is 2.58. The van der Waals surface area contributed by atoms with Gasteiger partial charge in [0.15, 0.2) is 0 Å². The molecule has 1 aromatic rings. The van der Waals surface area contributed by atoms with Crippen molar-refractivity contribution in [1.82, 2.24) is 0 Å². The number of hydrogen-bond donors (Lipinski definition) is 0. The van der Waals surface area contributed by atoms with Gasteiger partial charge in [-0.05, 0) is 30.2 Å². The number of alkyl halides is 14. The molecule has 0 aliphatic heterocycles. The highest BCUT2D eigenvalue weighted by molar-refractivity contribution is 7.09. The van der Waals surface area contributed by atoms with E-state index in [-0.39, 0.29) is 4.88 Å². The number of halogens is 14. The average Bonchev–Trinajstić information content (AvgIpc) is 3.01. The second kappa shape index (κ2) is 8.34. The van der Waals surface area contributed by atoms with Gasteiger partial charge in [0, 0.05) is 17.7 Å². The maximum atomic E-state index is 14.0. The summed E-state index contributed by atoms with van der Waals surface area (Å²) < 4.78 is 181. The van der Waals surface area contributed by atoms with Crippen LogP contribution in [0.4, 0.5) is 61.5 Å². The third-order valence-electron chi connectivity index (χ3n) is 4.32. The van der Waals surface area contributed by atoms with Crippen molar-refractivity contribution in [2.75, 3.05) is 0 Å². The molecular weight excluding hydrogens is 478 g/mol. The van der Waals surface area contributed by atoms with Crippen LogP contribution in [-0.4, -0.2) is 36.0 Å². The molecule has 0 saturated heterocycles. The molecule has 0 unspecified atom stereocenters. The van der Waals surface area contributed by atoms with Gasteiger partial charge in [-0.15, -0.1) is 11.3 Å². The highest BCUT2D eigenvalue weighted by Gasteiger charge is 2.75. The molecule has 30 heavy (non-hydrogen) atoms. The topological polar surface area (TPSA) is 0 Å². The van der Waals surface area contributed by atoms with Gasteiger partial charge in [0.25, 0.3) is 11.3 Å². The number of hydrogen-bond acceptors (Lipinski definition) is 1. The van der Waals surface area contributed by atoms with Gasteiger partial charge in [0.05, 0.1) is 0 Å². The lowest BCUT2D eigenvalue weighted by Gasteiger charge is -2.37. The molecule has 1 aromatic heterocycles. The van der Waals surface area contributed by atoms with Crippen LogP contribution >= 0.6 is 11.3 Å². The van der Waals surface area contributed by atoms with E-state index in [1.807, 2.05) is 0 Å². The first-order chi connectivity index (χ1) is 13.2. The van der Waals surface area contributed by atoms with Gasteiger partial charge in [-0.25, -0.2) is 8.78 Å². The van der Waals surface area contributed by atoms with E-state index in [4.69, 9.17) is 0 Å². The summed E-state index contributed by atoms with van der Waals surface area (Å²) in [7, 11) is 0. The van der Waals surface area contributed by atoms with Gasteiger partial charge in [-0.2, -0.15) is 52.7 Å². The minimum Gasteiger partial charge on any atom is -0.224 e. The molecule has 0 amide bonds. The van der Waals surface area contributed by atoms with Gasteiger partial charge in [0.1, 0.15) is 0 Å². The molecule has 0 spiro atoms. The zero-order chi connectivity index (χ0) is 23.8. The van der Waals surface area contributed by atoms with Crippen LogP contribution in [0.1, 0.15) is 24.1 Å². The van der Waals surface area contributed by atoms with Gasteiger partial charge < -0.3 is 0 Å². The molecule has 0 saturated carbocycles. The quantitative estimate of drug-likeness (QED) is 0.343. The summed E-state index contributed by atoms with van der Waals surface area (Å²) in [4.78, 5) is 0.173. The summed E-state index contributed by atoms with van der Waals surface area (Å²) in [5.41, 5.74) is -12.3. The van der Waals surface area contributed by atoms with Crippen molar-refractivity contribution in [1.29, 1.82) is 0 Å². The summed E-state index contributed by atoms with van der Waals surface area (Å²) in [5, 5.41) is 1.36. The van der Waals surface area contributed by atoms with Crippen LogP contribution in [0.5, 0.6) is 0 Å². The van der Waals surface area contributed by atoms with E-state index in [1.165, 1.54) is 17.5 Å². The Morgan fingerprint density at radius 3 is 1.27 bits per heavy atom. The fourth-order valence-electron chi connectivity index (χ4n) is 2.66. The second-order valence-corrected chi connectivity index (χ2v) is 7.52. The number of rotatable bonds is 7. The fourth-order valence-corrected chi connectivity index (χ4v) is 3.38. The molecule has 0 atom stereocenters. The SMILES string of the molecule is FC(F)(F)C(F)(CC(CCc1cccs1)CC(F)(C(F)(F)F)C(F)(F)F)C(F)(F)F. The predicted octanol–water partition coefficient (Wildman–Crippen LogP) is 7.74. The highest BCUT2D eigenvalue weighted by atomic mass is 32.1. The van der Waals surface area contributed by atoms with Gasteiger partial charge >= 0.3 is 24.7 Å². The minimum atomic E-state index is -6.71. The largest absolute Gasteiger partial charge is 0.431 e. The van der Waals surface area contributed by atoms with Crippen LogP contribution in [0.3, 0.4) is 0 Å². The second-order valence-electron chi connectivity index (χ2n) is 6.49. The minimum absolute atomic E-state index is 0.173. The Balaban J connectivity index is 3.37. The molecule has 0 bridgehead atoms. The highest BCUT2D eigenvalue weighted by Crippen LogP contribution is 2.55. The van der Waals surface area contributed by atoms with E-state index < -0.39 is 67.6 Å². The Morgan fingerprint density at radius 1 is 0.633 bits per heavy atom. The van der Waals surface area contributed by atoms with Crippen LogP contribution in [0.2, 0.25) is 0 Å². The molecule has 0 aliphatic carbocycles. The Hall–Kier alpha value is -1.28. The fraction of sp³-hybridized carbons (Fsp3) is 0.733. The molecule has 1 heterocycles. The Kier molecular flexibility index (Phi) is 7.44. The Bertz CT molecular complexity index is 595. The zero-order valence-electron chi connectivity index (χ0n) is 14.3. The monoisotopic (exact) mass is 490 g/mol. The summed E-state index contributed by atoms with van der Waals surface area (Å²) in [6.07, 6.45) is -34.3. The normalized spacial score (nSPS) is 15.2. The molecule has 0 aromatic carbocycles. The van der Waals surface area contributed by atoms with Crippen molar-refractivity contribution in [2.45, 2.75) is 61.7 Å². The van der Waals surface area contributed by atoms with Gasteiger partial charge in [-0.1, -0.05) is 6.07 Å². The van der Waals surface area contributed by atoms with Crippen LogP contribution in [0, 0.1) is 5.92 Å². The smallest absolute Gasteiger partial charge is 0.224 e. The van der Waals surface area contributed by atoms with Crippen LogP contribution < -0.4 is 0 Å². The summed E-state index contributed by atoms with van der Waals surface area (Å²) in [5.74, 6) is -2.91. The molecular formula is C15H12F14S. The summed E-state index contributed by atoms with van der Waals surface area (Å²) in [6.45, 7) is 0. The maximum absolute atomic E-state index is 14.0. The first-order valence-corrected chi connectivity index (χ1v) is 8.71. The molecule has 15 heteroatoms. The van der Waals surface area contributed by atoms with E-state index in [9.17, 15) is 61.5 Å². The number of thiophene rings is 1. The first kappa shape index (κ1) is 26.8. The third kappa shape index (κ3) is 5.49. The lowest BCUT2D eigenvalue weighted by atomic mass is 9.80.